The van der Waals surface area contributed by atoms with Crippen LogP contribution in [0, 0.1) is 10.1 Å². The molecule has 0 radical (unpaired) electrons. The first kappa shape index (κ1) is 12.6. The van der Waals surface area contributed by atoms with Crippen molar-refractivity contribution in [2.45, 2.75) is 12.8 Å². The number of hydrogen-bond acceptors (Lipinski definition) is 5. The fourth-order valence-corrected chi connectivity index (χ4v) is 2.08. The molecule has 0 aromatic heterocycles. The Bertz CT molecular complexity index is 431. The molecule has 1 saturated heterocycles. The lowest BCUT2D eigenvalue weighted by Crippen LogP contribution is -2.26. The number of rotatable bonds is 5. The predicted molar refractivity (Wildman–Crippen MR) is 68.9 cm³/mol. The summed E-state index contributed by atoms with van der Waals surface area (Å²) in [7, 11) is 1.51. The van der Waals surface area contributed by atoms with E-state index in [1.165, 1.54) is 32.1 Å². The van der Waals surface area contributed by atoms with Crippen LogP contribution in [-0.4, -0.2) is 36.7 Å². The van der Waals surface area contributed by atoms with Crippen molar-refractivity contribution >= 4 is 11.4 Å². The van der Waals surface area contributed by atoms with Gasteiger partial charge >= 0.3 is 0 Å². The van der Waals surface area contributed by atoms with E-state index in [0.717, 1.165) is 25.4 Å². The van der Waals surface area contributed by atoms with Gasteiger partial charge in [-0.15, -0.1) is 0 Å². The summed E-state index contributed by atoms with van der Waals surface area (Å²) in [4.78, 5) is 12.6. The van der Waals surface area contributed by atoms with E-state index >= 15 is 0 Å². The van der Waals surface area contributed by atoms with Gasteiger partial charge in [0.15, 0.2) is 0 Å². The van der Waals surface area contributed by atoms with Crippen LogP contribution < -0.4 is 10.1 Å². The van der Waals surface area contributed by atoms with Crippen molar-refractivity contribution in [3.8, 4) is 5.75 Å². The first-order valence-corrected chi connectivity index (χ1v) is 5.99. The van der Waals surface area contributed by atoms with Crippen LogP contribution in [0.1, 0.15) is 12.8 Å². The van der Waals surface area contributed by atoms with Crippen molar-refractivity contribution in [1.82, 2.24) is 4.90 Å². The second-order valence-electron chi connectivity index (χ2n) is 4.30. The van der Waals surface area contributed by atoms with Crippen molar-refractivity contribution in [2.24, 2.45) is 0 Å². The van der Waals surface area contributed by atoms with Crippen LogP contribution in [-0.2, 0) is 0 Å². The third-order valence-electron chi connectivity index (χ3n) is 3.09. The predicted octanol–water partition coefficient (Wildman–Crippen LogP) is 2.07. The quantitative estimate of drug-likeness (QED) is 0.641. The van der Waals surface area contributed by atoms with Gasteiger partial charge in [-0.05, 0) is 32.0 Å². The fourth-order valence-electron chi connectivity index (χ4n) is 2.08. The molecule has 0 unspecified atom stereocenters. The minimum Gasteiger partial charge on any atom is -0.494 e. The molecule has 6 heteroatoms. The number of hydrogen-bond donors (Lipinski definition) is 1. The van der Waals surface area contributed by atoms with Gasteiger partial charge in [0, 0.05) is 6.07 Å². The van der Waals surface area contributed by atoms with Gasteiger partial charge in [0.05, 0.1) is 30.5 Å². The Labute approximate surface area is 106 Å². The lowest BCUT2D eigenvalue weighted by atomic mass is 10.2. The van der Waals surface area contributed by atoms with Gasteiger partial charge in [0.1, 0.15) is 5.75 Å². The minimum absolute atomic E-state index is 0.0403. The van der Waals surface area contributed by atoms with Gasteiger partial charge in [-0.3, -0.25) is 15.0 Å². The minimum atomic E-state index is -0.424. The van der Waals surface area contributed by atoms with E-state index in [-0.39, 0.29) is 5.69 Å². The van der Waals surface area contributed by atoms with Gasteiger partial charge in [0.2, 0.25) is 0 Å². The van der Waals surface area contributed by atoms with Crippen LogP contribution in [0.2, 0.25) is 0 Å². The monoisotopic (exact) mass is 251 g/mol. The van der Waals surface area contributed by atoms with Gasteiger partial charge in [-0.25, -0.2) is 0 Å². The van der Waals surface area contributed by atoms with E-state index in [2.05, 4.69) is 10.2 Å². The first-order chi connectivity index (χ1) is 8.70. The molecule has 0 atom stereocenters. The van der Waals surface area contributed by atoms with Crippen LogP contribution in [0.4, 0.5) is 11.4 Å². The Kier molecular flexibility index (Phi) is 3.99. The molecule has 0 aliphatic carbocycles. The zero-order chi connectivity index (χ0) is 13.0. The highest BCUT2D eigenvalue weighted by Crippen LogP contribution is 2.29. The third-order valence-corrected chi connectivity index (χ3v) is 3.09. The average molecular weight is 251 g/mol. The highest BCUT2D eigenvalue weighted by Gasteiger charge is 2.14. The van der Waals surface area contributed by atoms with E-state index in [4.69, 9.17) is 4.74 Å². The second-order valence-corrected chi connectivity index (χ2v) is 4.30. The number of ether oxygens (including phenoxy) is 1. The van der Waals surface area contributed by atoms with Crippen molar-refractivity contribution < 1.29 is 9.66 Å². The van der Waals surface area contributed by atoms with Crippen molar-refractivity contribution in [1.29, 1.82) is 0 Å². The van der Waals surface area contributed by atoms with Crippen LogP contribution >= 0.6 is 0 Å². The molecular formula is C12H17N3O3. The molecule has 6 nitrogen and oxygen atoms in total. The summed E-state index contributed by atoms with van der Waals surface area (Å²) in [6.45, 7) is 2.94. The topological polar surface area (TPSA) is 67.6 Å². The number of nitrogens with zero attached hydrogens (tertiary/aromatic N) is 2. The zero-order valence-electron chi connectivity index (χ0n) is 10.4. The molecule has 1 N–H and O–H groups in total. The third kappa shape index (κ3) is 2.89. The number of non-ortho nitro benzene ring substituents is 1. The summed E-state index contributed by atoms with van der Waals surface area (Å²) in [5.41, 5.74) is 0.827. The Hall–Kier alpha value is -1.82. The van der Waals surface area contributed by atoms with Crippen LogP contribution in [0.15, 0.2) is 18.2 Å². The van der Waals surface area contributed by atoms with Gasteiger partial charge < -0.3 is 10.1 Å². The van der Waals surface area contributed by atoms with Crippen LogP contribution in [0.5, 0.6) is 5.75 Å². The first-order valence-electron chi connectivity index (χ1n) is 5.99. The summed E-state index contributed by atoms with van der Waals surface area (Å²) in [6.07, 6.45) is 2.47. The van der Waals surface area contributed by atoms with E-state index < -0.39 is 4.92 Å². The molecular weight excluding hydrogens is 234 g/mol. The highest BCUT2D eigenvalue weighted by atomic mass is 16.6. The molecule has 2 rings (SSSR count). The Morgan fingerprint density at radius 3 is 2.78 bits per heavy atom. The normalized spacial score (nSPS) is 15.6. The Morgan fingerprint density at radius 2 is 2.17 bits per heavy atom. The summed E-state index contributed by atoms with van der Waals surface area (Å²) in [5.74, 6) is 0.503. The van der Waals surface area contributed by atoms with Gasteiger partial charge in [-0.1, -0.05) is 0 Å². The number of benzene rings is 1. The highest BCUT2D eigenvalue weighted by molar-refractivity contribution is 5.60. The number of methoxy groups -OCH3 is 1. The lowest BCUT2D eigenvalue weighted by Gasteiger charge is -2.17. The molecule has 1 aromatic carbocycles. The molecule has 0 saturated carbocycles. The summed E-state index contributed by atoms with van der Waals surface area (Å²) < 4.78 is 5.17. The molecule has 0 amide bonds. The van der Waals surface area contributed by atoms with E-state index in [1.54, 1.807) is 6.07 Å². The standard InChI is InChI=1S/C12H17N3O3/c1-18-12-8-10(15(16)17)4-5-11(12)13-9-14-6-2-3-7-14/h4-5,8,13H,2-3,6-7,9H2,1H3. The van der Waals surface area contributed by atoms with Crippen LogP contribution in [0.25, 0.3) is 0 Å². The zero-order valence-corrected chi connectivity index (χ0v) is 10.4. The molecule has 1 aromatic rings. The number of nitro benzene ring substituents is 1. The number of likely N-dealkylation sites (tertiary alicyclic amines) is 1. The van der Waals surface area contributed by atoms with Crippen molar-refractivity contribution in [2.75, 3.05) is 32.2 Å². The lowest BCUT2D eigenvalue weighted by molar-refractivity contribution is -0.384. The molecule has 1 fully saturated rings. The van der Waals surface area contributed by atoms with Crippen LogP contribution in [0.3, 0.4) is 0 Å². The molecule has 1 aliphatic rings. The van der Waals surface area contributed by atoms with Gasteiger partial charge in [0.25, 0.3) is 5.69 Å². The molecule has 18 heavy (non-hydrogen) atoms. The molecule has 1 aliphatic heterocycles. The Morgan fingerprint density at radius 1 is 1.44 bits per heavy atom. The maximum atomic E-state index is 10.7. The van der Waals surface area contributed by atoms with E-state index in [0.29, 0.717) is 5.75 Å². The van der Waals surface area contributed by atoms with E-state index in [1.807, 2.05) is 0 Å². The summed E-state index contributed by atoms with van der Waals surface area (Å²) in [5, 5.41) is 13.9. The summed E-state index contributed by atoms with van der Waals surface area (Å²) >= 11 is 0. The van der Waals surface area contributed by atoms with Gasteiger partial charge in [-0.2, -0.15) is 0 Å². The van der Waals surface area contributed by atoms with Crippen molar-refractivity contribution in [3.05, 3.63) is 28.3 Å². The maximum Gasteiger partial charge on any atom is 0.273 e. The fraction of sp³-hybridized carbons (Fsp3) is 0.500. The molecule has 98 valence electrons. The smallest absolute Gasteiger partial charge is 0.273 e. The second kappa shape index (κ2) is 5.68. The van der Waals surface area contributed by atoms with Crippen molar-refractivity contribution in [3.63, 3.8) is 0 Å². The molecule has 0 bridgehead atoms. The molecule has 1 heterocycles. The SMILES string of the molecule is COc1cc([N+](=O)[O-])ccc1NCN1CCCC1. The Balaban J connectivity index is 2.04. The maximum absolute atomic E-state index is 10.7. The number of nitrogens with one attached hydrogen (secondary N) is 1. The number of nitro groups is 1. The van der Waals surface area contributed by atoms with E-state index in [9.17, 15) is 10.1 Å². The summed E-state index contributed by atoms with van der Waals surface area (Å²) in [6, 6.07) is 4.61. The number of anilines is 1. The molecule has 0 spiro atoms. The average Bonchev–Trinajstić information content (AvgIpc) is 2.89. The largest absolute Gasteiger partial charge is 0.494 e.